The molecule has 0 spiro atoms. The van der Waals surface area contributed by atoms with Crippen LogP contribution >= 0.6 is 11.8 Å². The number of methoxy groups -OCH3 is 1. The Morgan fingerprint density at radius 3 is 2.71 bits per heavy atom. The monoisotopic (exact) mass is 478 g/mol. The first kappa shape index (κ1) is 22.8. The predicted molar refractivity (Wildman–Crippen MR) is 127 cm³/mol. The first-order valence-electron chi connectivity index (χ1n) is 9.98. The molecule has 34 heavy (non-hydrogen) atoms. The van der Waals surface area contributed by atoms with Crippen LogP contribution in [0.3, 0.4) is 0 Å². The highest BCUT2D eigenvalue weighted by Gasteiger charge is 2.36. The van der Waals surface area contributed by atoms with Crippen molar-refractivity contribution in [3.63, 3.8) is 0 Å². The van der Waals surface area contributed by atoms with Gasteiger partial charge in [-0.25, -0.2) is 0 Å². The summed E-state index contributed by atoms with van der Waals surface area (Å²) in [5.74, 6) is -0.697. The number of hydrogen-bond acceptors (Lipinski definition) is 7. The van der Waals surface area contributed by atoms with E-state index in [1.165, 1.54) is 25.3 Å². The lowest BCUT2D eigenvalue weighted by atomic mass is 10.2. The zero-order valence-corrected chi connectivity index (χ0v) is 18.7. The Bertz CT molecular complexity index is 1330. The minimum absolute atomic E-state index is 0.0708. The van der Waals surface area contributed by atoms with Crippen molar-refractivity contribution < 1.29 is 24.0 Å². The van der Waals surface area contributed by atoms with E-state index in [2.05, 4.69) is 5.32 Å². The molecule has 1 aliphatic rings. The number of hydrogen-bond donors (Lipinski definition) is 1. The van der Waals surface area contributed by atoms with Crippen LogP contribution in [0.25, 0.3) is 11.8 Å². The Morgan fingerprint density at radius 1 is 1.15 bits per heavy atom. The number of nitro benzene ring substituents is 1. The maximum absolute atomic E-state index is 12.9. The van der Waals surface area contributed by atoms with Gasteiger partial charge in [0.05, 0.1) is 28.3 Å². The summed E-state index contributed by atoms with van der Waals surface area (Å²) in [6.07, 6.45) is 3.21. The number of nitro groups is 1. The standard InChI is InChI=1S/C23H18N4O6S/c1-33-19-10-3-2-9-18(19)24-21(28)14-26-22(29)20(34-23(26)30)13-16-8-5-11-25(16)15-6-4-7-17(12-15)27(31)32/h2-13H,14H2,1H3,(H,24,28)/b20-13-. The van der Waals surface area contributed by atoms with Gasteiger partial charge in [-0.1, -0.05) is 18.2 Å². The fraction of sp³-hybridized carbons (Fsp3) is 0.0870. The molecule has 11 heteroatoms. The van der Waals surface area contributed by atoms with Crippen LogP contribution in [0.15, 0.2) is 71.8 Å². The smallest absolute Gasteiger partial charge is 0.294 e. The Labute approximate surface area is 198 Å². The number of non-ortho nitro benzene ring substituents is 1. The number of nitrogens with one attached hydrogen (secondary N) is 1. The van der Waals surface area contributed by atoms with Crippen molar-refractivity contribution in [3.05, 3.63) is 87.6 Å². The molecule has 0 unspecified atom stereocenters. The van der Waals surface area contributed by atoms with Crippen molar-refractivity contribution in [1.29, 1.82) is 0 Å². The molecule has 1 N–H and O–H groups in total. The van der Waals surface area contributed by atoms with Crippen LogP contribution < -0.4 is 10.1 Å². The minimum atomic E-state index is -0.600. The molecule has 1 aliphatic heterocycles. The summed E-state index contributed by atoms with van der Waals surface area (Å²) in [5.41, 5.74) is 1.43. The molecule has 4 rings (SSSR count). The van der Waals surface area contributed by atoms with E-state index in [1.807, 2.05) is 0 Å². The second kappa shape index (κ2) is 9.63. The number of thioether (sulfide) groups is 1. The lowest BCUT2D eigenvalue weighted by molar-refractivity contribution is -0.384. The number of ether oxygens (including phenoxy) is 1. The number of imide groups is 1. The molecule has 2 aromatic carbocycles. The van der Waals surface area contributed by atoms with Gasteiger partial charge >= 0.3 is 0 Å². The molecule has 0 aliphatic carbocycles. The number of carbonyl (C=O) groups is 3. The summed E-state index contributed by atoms with van der Waals surface area (Å²) in [7, 11) is 1.47. The van der Waals surface area contributed by atoms with Crippen molar-refractivity contribution in [2.75, 3.05) is 19.0 Å². The average Bonchev–Trinajstić information content (AvgIpc) is 3.39. The highest BCUT2D eigenvalue weighted by atomic mass is 32.2. The van der Waals surface area contributed by atoms with Crippen molar-refractivity contribution in [1.82, 2.24) is 9.47 Å². The molecule has 0 bridgehead atoms. The zero-order chi connectivity index (χ0) is 24.2. The van der Waals surface area contributed by atoms with Gasteiger partial charge in [-0.2, -0.15) is 0 Å². The number of amides is 3. The van der Waals surface area contributed by atoms with E-state index >= 15 is 0 Å². The van der Waals surface area contributed by atoms with Gasteiger partial charge in [-0.15, -0.1) is 0 Å². The maximum atomic E-state index is 12.9. The van der Waals surface area contributed by atoms with Crippen molar-refractivity contribution >= 4 is 46.3 Å². The van der Waals surface area contributed by atoms with Crippen molar-refractivity contribution in [2.45, 2.75) is 0 Å². The molecule has 0 saturated carbocycles. The van der Waals surface area contributed by atoms with E-state index in [9.17, 15) is 24.5 Å². The molecule has 1 aromatic heterocycles. The van der Waals surface area contributed by atoms with Crippen molar-refractivity contribution in [3.8, 4) is 11.4 Å². The number of benzene rings is 2. The third kappa shape index (κ3) is 4.69. The van der Waals surface area contributed by atoms with Gasteiger partial charge in [0.15, 0.2) is 0 Å². The normalized spacial score (nSPS) is 14.5. The molecule has 1 saturated heterocycles. The van der Waals surface area contributed by atoms with E-state index < -0.39 is 28.5 Å². The summed E-state index contributed by atoms with van der Waals surface area (Å²) >= 11 is 0.720. The van der Waals surface area contributed by atoms with E-state index in [0.717, 1.165) is 16.7 Å². The SMILES string of the molecule is COc1ccccc1NC(=O)CN1C(=O)S/C(=C\c2cccn2-c2cccc([N+](=O)[O-])c2)C1=O. The van der Waals surface area contributed by atoms with E-state index in [4.69, 9.17) is 4.74 Å². The summed E-state index contributed by atoms with van der Waals surface area (Å²) < 4.78 is 6.85. The van der Waals surface area contributed by atoms with Crippen LogP contribution in [0.5, 0.6) is 5.75 Å². The second-order valence-electron chi connectivity index (χ2n) is 7.10. The summed E-state index contributed by atoms with van der Waals surface area (Å²) in [4.78, 5) is 49.4. The molecule has 10 nitrogen and oxygen atoms in total. The molecular weight excluding hydrogens is 460 g/mol. The Morgan fingerprint density at radius 2 is 1.94 bits per heavy atom. The topological polar surface area (TPSA) is 124 Å². The minimum Gasteiger partial charge on any atom is -0.495 e. The van der Waals surface area contributed by atoms with Crippen LogP contribution in [-0.4, -0.2) is 45.1 Å². The lowest BCUT2D eigenvalue weighted by Gasteiger charge is -2.14. The summed E-state index contributed by atoms with van der Waals surface area (Å²) in [6.45, 7) is -0.452. The predicted octanol–water partition coefficient (Wildman–Crippen LogP) is 4.07. The largest absolute Gasteiger partial charge is 0.495 e. The fourth-order valence-corrected chi connectivity index (χ4v) is 4.18. The van der Waals surface area contributed by atoms with Gasteiger partial charge in [0, 0.05) is 24.0 Å². The molecule has 172 valence electrons. The van der Waals surface area contributed by atoms with Crippen LogP contribution in [-0.2, 0) is 9.59 Å². The first-order valence-corrected chi connectivity index (χ1v) is 10.8. The number of nitrogens with zero attached hydrogens (tertiary/aromatic N) is 3. The molecule has 2 heterocycles. The van der Waals surface area contributed by atoms with E-state index in [-0.39, 0.29) is 10.6 Å². The molecule has 0 atom stereocenters. The van der Waals surface area contributed by atoms with Gasteiger partial charge in [0.25, 0.3) is 16.8 Å². The van der Waals surface area contributed by atoms with Crippen LogP contribution in [0, 0.1) is 10.1 Å². The molecule has 3 amide bonds. The van der Waals surface area contributed by atoms with E-state index in [1.54, 1.807) is 59.3 Å². The fourth-order valence-electron chi connectivity index (χ4n) is 3.36. The molecular formula is C23H18N4O6S. The van der Waals surface area contributed by atoms with Gasteiger partial charge < -0.3 is 14.6 Å². The first-order chi connectivity index (χ1) is 16.4. The average molecular weight is 478 g/mol. The third-order valence-corrected chi connectivity index (χ3v) is 5.84. The Balaban J connectivity index is 1.52. The van der Waals surface area contributed by atoms with Gasteiger partial charge in [-0.05, 0) is 48.2 Å². The highest BCUT2D eigenvalue weighted by Crippen LogP contribution is 2.33. The lowest BCUT2D eigenvalue weighted by Crippen LogP contribution is -2.36. The molecule has 3 aromatic rings. The van der Waals surface area contributed by atoms with Gasteiger partial charge in [0.1, 0.15) is 12.3 Å². The number of para-hydroxylation sites is 2. The quantitative estimate of drug-likeness (QED) is 0.308. The summed E-state index contributed by atoms with van der Waals surface area (Å²) in [6, 6.07) is 16.3. The van der Waals surface area contributed by atoms with E-state index in [0.29, 0.717) is 22.8 Å². The highest BCUT2D eigenvalue weighted by molar-refractivity contribution is 8.18. The Kier molecular flexibility index (Phi) is 6.46. The van der Waals surface area contributed by atoms with Crippen LogP contribution in [0.1, 0.15) is 5.69 Å². The number of aromatic nitrogens is 1. The molecule has 0 radical (unpaired) electrons. The molecule has 1 fully saturated rings. The third-order valence-electron chi connectivity index (χ3n) is 4.93. The van der Waals surface area contributed by atoms with Crippen LogP contribution in [0.2, 0.25) is 0 Å². The zero-order valence-electron chi connectivity index (χ0n) is 17.8. The van der Waals surface area contributed by atoms with Gasteiger partial charge in [0.2, 0.25) is 5.91 Å². The second-order valence-corrected chi connectivity index (χ2v) is 8.09. The van der Waals surface area contributed by atoms with Crippen LogP contribution in [0.4, 0.5) is 16.2 Å². The summed E-state index contributed by atoms with van der Waals surface area (Å²) in [5, 5.41) is 13.2. The number of carbonyl (C=O) groups excluding carboxylic acids is 3. The maximum Gasteiger partial charge on any atom is 0.294 e. The van der Waals surface area contributed by atoms with Gasteiger partial charge in [-0.3, -0.25) is 29.4 Å². The number of rotatable bonds is 7. The Hall–Kier alpha value is -4.38. The number of anilines is 1. The van der Waals surface area contributed by atoms with Crippen molar-refractivity contribution in [2.24, 2.45) is 0 Å².